The van der Waals surface area contributed by atoms with Crippen LogP contribution in [0, 0.1) is 0 Å². The van der Waals surface area contributed by atoms with E-state index in [0.29, 0.717) is 6.42 Å². The van der Waals surface area contributed by atoms with Gasteiger partial charge >= 0.3 is 5.97 Å². The van der Waals surface area contributed by atoms with Crippen molar-refractivity contribution in [1.29, 1.82) is 0 Å². The van der Waals surface area contributed by atoms with Crippen LogP contribution in [0.2, 0.25) is 0 Å². The molecule has 0 N–H and O–H groups in total. The maximum Gasteiger partial charge on any atom is 0.305 e. The molecule has 1 aliphatic rings. The molecule has 2 nitrogen and oxygen atoms in total. The fourth-order valence-corrected chi connectivity index (χ4v) is 1.45. The molecule has 1 fully saturated rings. The van der Waals surface area contributed by atoms with E-state index in [4.69, 9.17) is 4.74 Å². The average Bonchev–Trinajstić information content (AvgIpc) is 2.06. The van der Waals surface area contributed by atoms with Crippen LogP contribution in [-0.4, -0.2) is 41.6 Å². The Morgan fingerprint density at radius 1 is 1.33 bits per heavy atom. The van der Waals surface area contributed by atoms with Crippen molar-refractivity contribution in [3.8, 4) is 0 Å². The summed E-state index contributed by atoms with van der Waals surface area (Å²) in [6.07, 6.45) is 6.65. The molecule has 65 valence electrons. The van der Waals surface area contributed by atoms with Gasteiger partial charge in [-0.25, -0.2) is 0 Å². The fourth-order valence-electron chi connectivity index (χ4n) is 1.45. The average molecular weight is 179 g/mol. The molecule has 0 amide bonds. The number of hydrogen-bond donors (Lipinski definition) is 0. The summed E-state index contributed by atoms with van der Waals surface area (Å²) in [5.41, 5.74) is 0. The topological polar surface area (TPSA) is 26.3 Å². The van der Waals surface area contributed by atoms with Gasteiger partial charge in [0.05, 0.1) is 0 Å². The Morgan fingerprint density at radius 3 is 2.42 bits per heavy atom. The van der Waals surface area contributed by atoms with Crippen molar-refractivity contribution < 1.29 is 9.53 Å². The number of rotatable bonds is 2. The molecule has 0 bridgehead atoms. The van der Waals surface area contributed by atoms with Crippen molar-refractivity contribution in [3.63, 3.8) is 0 Å². The summed E-state index contributed by atoms with van der Waals surface area (Å²) < 4.78 is 5.20. The quantitative estimate of drug-likeness (QED) is 0.478. The van der Waals surface area contributed by atoms with Crippen LogP contribution < -0.4 is 0 Å². The molecule has 0 atom stereocenters. The van der Waals surface area contributed by atoms with Crippen molar-refractivity contribution in [2.75, 3.05) is 0 Å². The zero-order chi connectivity index (χ0) is 8.10. The van der Waals surface area contributed by atoms with Crippen LogP contribution in [0.3, 0.4) is 0 Å². The van der Waals surface area contributed by atoms with E-state index in [1.165, 1.54) is 19.3 Å². The van der Waals surface area contributed by atoms with Crippen LogP contribution >= 0.6 is 0 Å². The van der Waals surface area contributed by atoms with Gasteiger partial charge in [0.2, 0.25) is 0 Å². The summed E-state index contributed by atoms with van der Waals surface area (Å²) >= 11 is 0. The van der Waals surface area contributed by atoms with Crippen LogP contribution in [0.5, 0.6) is 0 Å². The molecular weight excluding hydrogens is 163 g/mol. The first-order chi connectivity index (χ1) is 5.33. The molecule has 0 unspecified atom stereocenters. The van der Waals surface area contributed by atoms with Crippen molar-refractivity contribution in [3.05, 3.63) is 0 Å². The van der Waals surface area contributed by atoms with Crippen molar-refractivity contribution in [2.45, 2.75) is 51.6 Å². The van der Waals surface area contributed by atoms with Crippen molar-refractivity contribution >= 4 is 35.5 Å². The molecule has 1 rings (SSSR count). The third kappa shape index (κ3) is 4.48. The summed E-state index contributed by atoms with van der Waals surface area (Å²) in [5.74, 6) is -0.0445. The maximum atomic E-state index is 10.9. The first kappa shape index (κ1) is 12.5. The zero-order valence-corrected chi connectivity index (χ0v) is 10.1. The molecule has 0 aliphatic heterocycles. The van der Waals surface area contributed by atoms with Gasteiger partial charge in [0.25, 0.3) is 0 Å². The fraction of sp³-hybridized carbons (Fsp3) is 0.889. The first-order valence-electron chi connectivity index (χ1n) is 4.52. The Bertz CT molecular complexity index is 130. The summed E-state index contributed by atoms with van der Waals surface area (Å²) in [4.78, 5) is 10.9. The minimum atomic E-state index is -0.0445. The van der Waals surface area contributed by atoms with Crippen LogP contribution in [-0.2, 0) is 9.53 Å². The monoisotopic (exact) mass is 179 g/mol. The van der Waals surface area contributed by atoms with E-state index in [0.717, 1.165) is 12.8 Å². The summed E-state index contributed by atoms with van der Waals surface area (Å²) in [6, 6.07) is 0. The van der Waals surface area contributed by atoms with Gasteiger partial charge in [0.1, 0.15) is 6.10 Å². The summed E-state index contributed by atoms with van der Waals surface area (Å²) in [5, 5.41) is 0. The van der Waals surface area contributed by atoms with Gasteiger partial charge in [-0.1, -0.05) is 13.3 Å². The van der Waals surface area contributed by atoms with E-state index in [1.807, 2.05) is 6.92 Å². The number of carbonyl (C=O) groups is 1. The van der Waals surface area contributed by atoms with E-state index >= 15 is 0 Å². The molecule has 3 heteroatoms. The SMILES string of the molecule is CCC(=O)OC1CCCCC1.[Na]. The number of esters is 1. The molecule has 0 spiro atoms. The number of ether oxygens (including phenoxy) is 1. The van der Waals surface area contributed by atoms with Gasteiger partial charge in [0.15, 0.2) is 0 Å². The molecule has 0 aromatic carbocycles. The van der Waals surface area contributed by atoms with Gasteiger partial charge in [-0.3, -0.25) is 4.79 Å². The molecule has 1 aliphatic carbocycles. The molecule has 0 heterocycles. The van der Waals surface area contributed by atoms with Gasteiger partial charge in [0, 0.05) is 36.0 Å². The summed E-state index contributed by atoms with van der Waals surface area (Å²) in [7, 11) is 0. The molecule has 0 aromatic heterocycles. The number of hydrogen-bond acceptors (Lipinski definition) is 2. The normalized spacial score (nSPS) is 18.1. The first-order valence-corrected chi connectivity index (χ1v) is 4.52. The van der Waals surface area contributed by atoms with Crippen molar-refractivity contribution in [1.82, 2.24) is 0 Å². The third-order valence-electron chi connectivity index (χ3n) is 2.14. The Hall–Kier alpha value is 0.470. The Kier molecular flexibility index (Phi) is 7.20. The van der Waals surface area contributed by atoms with Crippen LogP contribution in [0.15, 0.2) is 0 Å². The van der Waals surface area contributed by atoms with Crippen LogP contribution in [0.1, 0.15) is 45.4 Å². The standard InChI is InChI=1S/C9H16O2.Na/c1-2-9(10)11-8-6-4-3-5-7-8;/h8H,2-7H2,1H3;. The minimum absolute atomic E-state index is 0. The van der Waals surface area contributed by atoms with E-state index in [2.05, 4.69) is 0 Å². The molecule has 0 saturated heterocycles. The van der Waals surface area contributed by atoms with Gasteiger partial charge in [-0.15, -0.1) is 0 Å². The van der Waals surface area contributed by atoms with Gasteiger partial charge in [-0.05, 0) is 25.7 Å². The maximum absolute atomic E-state index is 10.9. The van der Waals surface area contributed by atoms with E-state index < -0.39 is 0 Å². The second-order valence-electron chi connectivity index (χ2n) is 3.10. The Labute approximate surface area is 96.3 Å². The molecule has 0 aromatic rings. The second kappa shape index (κ2) is 6.93. The Morgan fingerprint density at radius 2 is 1.92 bits per heavy atom. The Balaban J connectivity index is 0.00000121. The predicted molar refractivity (Wildman–Crippen MR) is 49.0 cm³/mol. The summed E-state index contributed by atoms with van der Waals surface area (Å²) in [6.45, 7) is 1.84. The predicted octanol–water partition coefficient (Wildman–Crippen LogP) is 1.89. The van der Waals surface area contributed by atoms with E-state index in [1.54, 1.807) is 0 Å². The third-order valence-corrected chi connectivity index (χ3v) is 2.14. The van der Waals surface area contributed by atoms with E-state index in [-0.39, 0.29) is 41.6 Å². The molecular formula is C9H16NaO2. The second-order valence-corrected chi connectivity index (χ2v) is 3.10. The zero-order valence-electron chi connectivity index (χ0n) is 8.14. The molecule has 1 saturated carbocycles. The largest absolute Gasteiger partial charge is 0.462 e. The van der Waals surface area contributed by atoms with Gasteiger partial charge in [-0.2, -0.15) is 0 Å². The van der Waals surface area contributed by atoms with E-state index in [9.17, 15) is 4.79 Å². The van der Waals surface area contributed by atoms with Crippen molar-refractivity contribution in [2.24, 2.45) is 0 Å². The molecule has 1 radical (unpaired) electrons. The smallest absolute Gasteiger partial charge is 0.305 e. The molecule has 12 heavy (non-hydrogen) atoms. The van der Waals surface area contributed by atoms with Crippen LogP contribution in [0.4, 0.5) is 0 Å². The van der Waals surface area contributed by atoms with Gasteiger partial charge < -0.3 is 4.74 Å². The van der Waals surface area contributed by atoms with Crippen LogP contribution in [0.25, 0.3) is 0 Å². The minimum Gasteiger partial charge on any atom is -0.462 e. The number of carbonyl (C=O) groups excluding carboxylic acids is 1.